The maximum atomic E-state index is 12.0. The number of Topliss-reactive ketones (excluding diaryl/α,β-unsaturated/α-hetero) is 2. The molecule has 1 aromatic carbocycles. The van der Waals surface area contributed by atoms with Crippen LogP contribution in [-0.4, -0.2) is 25.8 Å². The molecule has 20 heavy (non-hydrogen) atoms. The van der Waals surface area contributed by atoms with Gasteiger partial charge in [0.05, 0.1) is 14.2 Å². The standard InChI is InChI=1S/C16H18O4/c1-19-15-7-13-9-3-11(17)5-10(6-12(18)4-9)14(13)8-16(15)20-2/h7-10H,3-6H2,1-2H3. The first-order valence-corrected chi connectivity index (χ1v) is 6.91. The summed E-state index contributed by atoms with van der Waals surface area (Å²) in [5.74, 6) is 1.83. The SMILES string of the molecule is COc1cc2c(cc1OC)C1CC(=O)CC2CC(=O)C1. The van der Waals surface area contributed by atoms with E-state index >= 15 is 0 Å². The second-order valence-corrected chi connectivity index (χ2v) is 5.62. The van der Waals surface area contributed by atoms with Crippen molar-refractivity contribution in [2.45, 2.75) is 37.5 Å². The van der Waals surface area contributed by atoms with Gasteiger partial charge in [0.2, 0.25) is 0 Å². The number of hydrogen-bond donors (Lipinski definition) is 0. The Kier molecular flexibility index (Phi) is 3.24. The number of carbonyl (C=O) groups excluding carboxylic acids is 2. The Hall–Kier alpha value is -1.84. The van der Waals surface area contributed by atoms with Gasteiger partial charge in [-0.05, 0) is 35.1 Å². The van der Waals surface area contributed by atoms with Gasteiger partial charge >= 0.3 is 0 Å². The van der Waals surface area contributed by atoms with E-state index in [1.807, 2.05) is 12.1 Å². The maximum absolute atomic E-state index is 12.0. The van der Waals surface area contributed by atoms with Crippen molar-refractivity contribution in [3.05, 3.63) is 23.3 Å². The Balaban J connectivity index is 2.18. The highest BCUT2D eigenvalue weighted by Crippen LogP contribution is 2.46. The Morgan fingerprint density at radius 1 is 0.800 bits per heavy atom. The van der Waals surface area contributed by atoms with E-state index in [9.17, 15) is 9.59 Å². The summed E-state index contributed by atoms with van der Waals surface area (Å²) in [6.07, 6.45) is 1.85. The fourth-order valence-corrected chi connectivity index (χ4v) is 3.47. The van der Waals surface area contributed by atoms with Gasteiger partial charge in [0, 0.05) is 25.7 Å². The molecule has 0 amide bonds. The number of benzene rings is 1. The molecule has 2 bridgehead atoms. The lowest BCUT2D eigenvalue weighted by Crippen LogP contribution is -2.14. The van der Waals surface area contributed by atoms with Crippen molar-refractivity contribution in [2.75, 3.05) is 14.2 Å². The van der Waals surface area contributed by atoms with E-state index in [-0.39, 0.29) is 23.4 Å². The van der Waals surface area contributed by atoms with Gasteiger partial charge in [-0.3, -0.25) is 9.59 Å². The zero-order valence-corrected chi connectivity index (χ0v) is 11.8. The number of methoxy groups -OCH3 is 2. The van der Waals surface area contributed by atoms with Gasteiger partial charge in [-0.1, -0.05) is 0 Å². The molecule has 2 aliphatic rings. The molecule has 3 rings (SSSR count). The van der Waals surface area contributed by atoms with Crippen LogP contribution in [-0.2, 0) is 9.59 Å². The molecule has 0 aromatic heterocycles. The lowest BCUT2D eigenvalue weighted by Gasteiger charge is -2.18. The van der Waals surface area contributed by atoms with E-state index in [4.69, 9.17) is 9.47 Å². The van der Waals surface area contributed by atoms with Gasteiger partial charge in [-0.15, -0.1) is 0 Å². The van der Waals surface area contributed by atoms with Crippen molar-refractivity contribution in [1.82, 2.24) is 0 Å². The first-order valence-electron chi connectivity index (χ1n) is 6.91. The molecular weight excluding hydrogens is 256 g/mol. The van der Waals surface area contributed by atoms with Crippen molar-refractivity contribution < 1.29 is 19.1 Å². The predicted octanol–water partition coefficient (Wildman–Crippen LogP) is 2.60. The quantitative estimate of drug-likeness (QED) is 0.831. The summed E-state index contributed by atoms with van der Waals surface area (Å²) in [6.45, 7) is 0. The van der Waals surface area contributed by atoms with Crippen LogP contribution < -0.4 is 9.47 Å². The van der Waals surface area contributed by atoms with Gasteiger partial charge in [-0.2, -0.15) is 0 Å². The van der Waals surface area contributed by atoms with Crippen LogP contribution in [0.15, 0.2) is 12.1 Å². The topological polar surface area (TPSA) is 52.6 Å². The molecule has 0 saturated heterocycles. The number of ether oxygens (including phenoxy) is 2. The summed E-state index contributed by atoms with van der Waals surface area (Å²) in [4.78, 5) is 24.0. The predicted molar refractivity (Wildman–Crippen MR) is 73.5 cm³/mol. The molecule has 0 heterocycles. The normalized spacial score (nSPS) is 24.9. The summed E-state index contributed by atoms with van der Waals surface area (Å²) >= 11 is 0. The van der Waals surface area contributed by atoms with Gasteiger partial charge < -0.3 is 9.47 Å². The molecule has 106 valence electrons. The highest BCUT2D eigenvalue weighted by atomic mass is 16.5. The van der Waals surface area contributed by atoms with Gasteiger partial charge in [0.25, 0.3) is 0 Å². The van der Waals surface area contributed by atoms with Crippen molar-refractivity contribution in [1.29, 1.82) is 0 Å². The molecule has 0 atom stereocenters. The molecule has 0 radical (unpaired) electrons. The van der Waals surface area contributed by atoms with Gasteiger partial charge in [0.15, 0.2) is 11.5 Å². The Bertz CT molecular complexity index is 509. The minimum Gasteiger partial charge on any atom is -0.493 e. The summed E-state index contributed by atoms with van der Waals surface area (Å²) in [5.41, 5.74) is 2.17. The second-order valence-electron chi connectivity index (χ2n) is 5.62. The third-order valence-electron chi connectivity index (χ3n) is 4.37. The van der Waals surface area contributed by atoms with Crippen LogP contribution in [0, 0.1) is 0 Å². The molecule has 0 unspecified atom stereocenters. The lowest BCUT2D eigenvalue weighted by molar-refractivity contribution is -0.123. The Morgan fingerprint density at radius 3 is 1.45 bits per heavy atom. The minimum absolute atomic E-state index is 0.00249. The average molecular weight is 274 g/mol. The fourth-order valence-electron chi connectivity index (χ4n) is 3.47. The first-order chi connectivity index (χ1) is 9.62. The van der Waals surface area contributed by atoms with E-state index in [1.165, 1.54) is 0 Å². The van der Waals surface area contributed by atoms with Crippen molar-refractivity contribution >= 4 is 11.6 Å². The van der Waals surface area contributed by atoms with E-state index in [1.54, 1.807) is 14.2 Å². The van der Waals surface area contributed by atoms with Crippen LogP contribution in [0.3, 0.4) is 0 Å². The van der Waals surface area contributed by atoms with E-state index in [2.05, 4.69) is 0 Å². The number of hydrogen-bond acceptors (Lipinski definition) is 4. The molecule has 4 heteroatoms. The third kappa shape index (κ3) is 2.09. The number of carbonyl (C=O) groups is 2. The molecule has 1 aromatic rings. The van der Waals surface area contributed by atoms with Crippen LogP contribution in [0.5, 0.6) is 11.5 Å². The third-order valence-corrected chi connectivity index (χ3v) is 4.37. The van der Waals surface area contributed by atoms with E-state index < -0.39 is 0 Å². The van der Waals surface area contributed by atoms with E-state index in [0.29, 0.717) is 37.2 Å². The molecule has 0 spiro atoms. The second kappa shape index (κ2) is 4.93. The fraction of sp³-hybridized carbons (Fsp3) is 0.500. The Labute approximate surface area is 118 Å². The number of ketones is 2. The van der Waals surface area contributed by atoms with Crippen LogP contribution in [0.2, 0.25) is 0 Å². The summed E-state index contributed by atoms with van der Waals surface area (Å²) < 4.78 is 10.7. The molecule has 0 saturated carbocycles. The lowest BCUT2D eigenvalue weighted by atomic mass is 9.89. The largest absolute Gasteiger partial charge is 0.493 e. The summed E-state index contributed by atoms with van der Waals surface area (Å²) in [6, 6.07) is 3.89. The molecule has 2 aliphatic carbocycles. The van der Waals surface area contributed by atoms with Crippen LogP contribution in [0.1, 0.15) is 48.6 Å². The van der Waals surface area contributed by atoms with Crippen molar-refractivity contribution in [2.24, 2.45) is 0 Å². The highest BCUT2D eigenvalue weighted by molar-refractivity contribution is 5.88. The van der Waals surface area contributed by atoms with Gasteiger partial charge in [-0.25, -0.2) is 0 Å². The van der Waals surface area contributed by atoms with E-state index in [0.717, 1.165) is 11.1 Å². The zero-order chi connectivity index (χ0) is 14.3. The Morgan fingerprint density at radius 2 is 1.15 bits per heavy atom. The van der Waals surface area contributed by atoms with Crippen LogP contribution in [0.25, 0.3) is 0 Å². The smallest absolute Gasteiger partial charge is 0.161 e. The van der Waals surface area contributed by atoms with Gasteiger partial charge in [0.1, 0.15) is 11.6 Å². The number of rotatable bonds is 2. The molecule has 0 N–H and O–H groups in total. The van der Waals surface area contributed by atoms with Crippen LogP contribution in [0.4, 0.5) is 0 Å². The summed E-state index contributed by atoms with van der Waals surface area (Å²) in [5, 5.41) is 0. The molecular formula is C16H18O4. The highest BCUT2D eigenvalue weighted by Gasteiger charge is 2.36. The van der Waals surface area contributed by atoms with Crippen molar-refractivity contribution in [3.8, 4) is 11.5 Å². The maximum Gasteiger partial charge on any atom is 0.161 e. The average Bonchev–Trinajstić information content (AvgIpc) is 2.61. The van der Waals surface area contributed by atoms with Crippen LogP contribution >= 0.6 is 0 Å². The first kappa shape index (κ1) is 13.2. The molecule has 0 fully saturated rings. The monoisotopic (exact) mass is 274 g/mol. The minimum atomic E-state index is -0.00249. The molecule has 4 nitrogen and oxygen atoms in total. The molecule has 0 aliphatic heterocycles. The zero-order valence-electron chi connectivity index (χ0n) is 11.8. The van der Waals surface area contributed by atoms with Crippen molar-refractivity contribution in [3.63, 3.8) is 0 Å². The summed E-state index contributed by atoms with van der Waals surface area (Å²) in [7, 11) is 3.20.